The molecule has 0 saturated carbocycles. The van der Waals surface area contributed by atoms with E-state index in [-0.39, 0.29) is 5.41 Å². The average Bonchev–Trinajstić information content (AvgIpc) is 3.73. The zero-order valence-corrected chi connectivity index (χ0v) is 31.4. The second-order valence-electron chi connectivity index (χ2n) is 15.1. The van der Waals surface area contributed by atoms with Crippen molar-refractivity contribution >= 4 is 70.2 Å². The van der Waals surface area contributed by atoms with Crippen LogP contribution in [-0.4, -0.2) is 4.98 Å². The van der Waals surface area contributed by atoms with E-state index in [0.29, 0.717) is 0 Å². The lowest BCUT2D eigenvalue weighted by atomic mass is 9.82. The Balaban J connectivity index is 1.08. The van der Waals surface area contributed by atoms with Crippen molar-refractivity contribution in [3.8, 4) is 33.5 Å². The lowest BCUT2D eigenvalue weighted by Crippen LogP contribution is -2.16. The van der Waals surface area contributed by atoms with Crippen molar-refractivity contribution in [3.63, 3.8) is 0 Å². The van der Waals surface area contributed by atoms with Gasteiger partial charge in [0, 0.05) is 59.0 Å². The minimum atomic E-state index is -0.102. The van der Waals surface area contributed by atoms with Gasteiger partial charge in [0.15, 0.2) is 0 Å². The molecule has 0 amide bonds. The highest BCUT2D eigenvalue weighted by Crippen LogP contribution is 2.51. The molecule has 0 radical (unpaired) electrons. The molecule has 0 N–H and O–H groups in total. The van der Waals surface area contributed by atoms with Crippen LogP contribution in [-0.2, 0) is 5.41 Å². The van der Waals surface area contributed by atoms with Crippen molar-refractivity contribution < 1.29 is 0 Å². The van der Waals surface area contributed by atoms with Crippen LogP contribution < -0.4 is 4.90 Å². The zero-order chi connectivity index (χ0) is 36.7. The van der Waals surface area contributed by atoms with Crippen molar-refractivity contribution in [2.75, 3.05) is 4.90 Å². The molecule has 11 rings (SSSR count). The number of hydrogen-bond donors (Lipinski definition) is 0. The normalized spacial score (nSPS) is 13.1. The van der Waals surface area contributed by atoms with Crippen LogP contribution >= 0.6 is 11.3 Å². The van der Waals surface area contributed by atoms with Crippen molar-refractivity contribution in [1.29, 1.82) is 0 Å². The summed E-state index contributed by atoms with van der Waals surface area (Å²) in [7, 11) is 0. The number of fused-ring (bicyclic) bond motifs is 10. The lowest BCUT2D eigenvalue weighted by molar-refractivity contribution is 0.660. The minimum absolute atomic E-state index is 0.102. The molecule has 0 bridgehead atoms. The third-order valence-electron chi connectivity index (χ3n) is 11.7. The molecule has 0 saturated heterocycles. The molecule has 1 aliphatic carbocycles. The first kappa shape index (κ1) is 31.9. The van der Waals surface area contributed by atoms with E-state index in [9.17, 15) is 0 Å². The van der Waals surface area contributed by atoms with Gasteiger partial charge in [-0.1, -0.05) is 147 Å². The molecule has 2 nitrogen and oxygen atoms in total. The highest BCUT2D eigenvalue weighted by Gasteiger charge is 2.35. The lowest BCUT2D eigenvalue weighted by Gasteiger charge is -2.28. The van der Waals surface area contributed by atoms with Gasteiger partial charge in [0.1, 0.15) is 0 Å². The van der Waals surface area contributed by atoms with Gasteiger partial charge in [0.25, 0.3) is 0 Å². The molecular weight excluding hydrogens is 685 g/mol. The van der Waals surface area contributed by atoms with Crippen LogP contribution in [0.4, 0.5) is 17.1 Å². The third-order valence-corrected chi connectivity index (χ3v) is 12.9. The Labute approximate surface area is 324 Å². The predicted molar refractivity (Wildman–Crippen MR) is 235 cm³/mol. The van der Waals surface area contributed by atoms with Gasteiger partial charge in [-0.05, 0) is 87.3 Å². The molecule has 0 atom stereocenters. The average molecular weight is 721 g/mol. The minimum Gasteiger partial charge on any atom is -0.310 e. The molecule has 3 heteroatoms. The maximum Gasteiger partial charge on any atom is 0.0802 e. The van der Waals surface area contributed by atoms with Gasteiger partial charge in [-0.25, -0.2) is 4.98 Å². The Kier molecular flexibility index (Phi) is 7.11. The Morgan fingerprint density at radius 2 is 1.05 bits per heavy atom. The van der Waals surface area contributed by atoms with Crippen LogP contribution in [0.15, 0.2) is 182 Å². The predicted octanol–water partition coefficient (Wildman–Crippen LogP) is 14.9. The molecule has 260 valence electrons. The number of nitrogens with zero attached hydrogens (tertiary/aromatic N) is 2. The van der Waals surface area contributed by atoms with Gasteiger partial charge < -0.3 is 4.90 Å². The fraction of sp³-hybridized carbons (Fsp3) is 0.0577. The molecular formula is C52H36N2S. The molecule has 55 heavy (non-hydrogen) atoms. The van der Waals surface area contributed by atoms with Gasteiger partial charge in [0.05, 0.1) is 11.2 Å². The molecule has 0 fully saturated rings. The van der Waals surface area contributed by atoms with Gasteiger partial charge in [-0.15, -0.1) is 11.3 Å². The first-order chi connectivity index (χ1) is 27.0. The topological polar surface area (TPSA) is 16.1 Å². The number of pyridine rings is 1. The molecule has 8 aromatic carbocycles. The first-order valence-electron chi connectivity index (χ1n) is 19.0. The summed E-state index contributed by atoms with van der Waals surface area (Å²) in [6, 6.07) is 66.4. The van der Waals surface area contributed by atoms with Crippen LogP contribution in [0.5, 0.6) is 0 Å². The Bertz CT molecular complexity index is 3100. The molecule has 0 aliphatic heterocycles. The Morgan fingerprint density at radius 1 is 0.455 bits per heavy atom. The Hall–Kier alpha value is -6.55. The quantitative estimate of drug-likeness (QED) is 0.165. The third kappa shape index (κ3) is 4.97. The van der Waals surface area contributed by atoms with Crippen molar-refractivity contribution in [3.05, 3.63) is 193 Å². The molecule has 1 aliphatic rings. The van der Waals surface area contributed by atoms with Crippen molar-refractivity contribution in [2.24, 2.45) is 0 Å². The standard InChI is InChI=1S/C52H36N2S/c1-52(2)45-17-9-6-14-39(45)40-29-28-38(32-46(40)52)54(36-24-20-34(21-25-36)33-12-4-3-5-13-33)37-26-22-35(23-27-37)50-49-43(41-15-7-10-18-47(41)53-50)30-31-44-42-16-8-11-19-48(42)55-51(44)49/h3-32H,1-2H3. The van der Waals surface area contributed by atoms with Gasteiger partial charge >= 0.3 is 0 Å². The monoisotopic (exact) mass is 720 g/mol. The summed E-state index contributed by atoms with van der Waals surface area (Å²) in [5, 5.41) is 6.23. The number of aromatic nitrogens is 1. The van der Waals surface area contributed by atoms with E-state index in [4.69, 9.17) is 4.98 Å². The first-order valence-corrected chi connectivity index (χ1v) is 19.8. The number of benzene rings is 8. The molecule has 2 aromatic heterocycles. The van der Waals surface area contributed by atoms with Gasteiger partial charge in [-0.2, -0.15) is 0 Å². The van der Waals surface area contributed by atoms with Crippen LogP contribution in [0, 0.1) is 0 Å². The summed E-state index contributed by atoms with van der Waals surface area (Å²) in [4.78, 5) is 7.79. The zero-order valence-electron chi connectivity index (χ0n) is 30.6. The van der Waals surface area contributed by atoms with Crippen LogP contribution in [0.25, 0.3) is 75.4 Å². The summed E-state index contributed by atoms with van der Waals surface area (Å²) in [6.07, 6.45) is 0. The number of thiophene rings is 1. The number of anilines is 3. The summed E-state index contributed by atoms with van der Waals surface area (Å²) in [5.74, 6) is 0. The van der Waals surface area contributed by atoms with Gasteiger partial charge in [-0.3, -0.25) is 0 Å². The fourth-order valence-corrected chi connectivity index (χ4v) is 10.2. The summed E-state index contributed by atoms with van der Waals surface area (Å²) < 4.78 is 2.59. The molecule has 2 heterocycles. The van der Waals surface area contributed by atoms with E-state index in [1.165, 1.54) is 69.7 Å². The van der Waals surface area contributed by atoms with Crippen LogP contribution in [0.2, 0.25) is 0 Å². The van der Waals surface area contributed by atoms with E-state index in [1.54, 1.807) is 0 Å². The maximum absolute atomic E-state index is 5.39. The number of rotatable bonds is 5. The maximum atomic E-state index is 5.39. The summed E-state index contributed by atoms with van der Waals surface area (Å²) >= 11 is 1.87. The molecule has 10 aromatic rings. The molecule has 0 unspecified atom stereocenters. The second kappa shape index (κ2) is 12.2. The second-order valence-corrected chi connectivity index (χ2v) is 16.2. The van der Waals surface area contributed by atoms with E-state index in [2.05, 4.69) is 201 Å². The smallest absolute Gasteiger partial charge is 0.0802 e. The Morgan fingerprint density at radius 3 is 1.85 bits per heavy atom. The SMILES string of the molecule is CC1(C)c2ccccc2-c2ccc(N(c3ccc(-c4ccccc4)cc3)c3ccc(-c4nc5ccccc5c5ccc6c7ccccc7sc6c45)cc3)cc21. The van der Waals surface area contributed by atoms with E-state index in [1.807, 2.05) is 11.3 Å². The molecule has 0 spiro atoms. The van der Waals surface area contributed by atoms with Gasteiger partial charge in [0.2, 0.25) is 0 Å². The van der Waals surface area contributed by atoms with E-state index >= 15 is 0 Å². The van der Waals surface area contributed by atoms with Crippen molar-refractivity contribution in [2.45, 2.75) is 19.3 Å². The van der Waals surface area contributed by atoms with E-state index < -0.39 is 0 Å². The van der Waals surface area contributed by atoms with Crippen LogP contribution in [0.3, 0.4) is 0 Å². The largest absolute Gasteiger partial charge is 0.310 e. The van der Waals surface area contributed by atoms with E-state index in [0.717, 1.165) is 33.8 Å². The summed E-state index contributed by atoms with van der Waals surface area (Å²) in [5.41, 5.74) is 14.2. The highest BCUT2D eigenvalue weighted by atomic mass is 32.1. The number of para-hydroxylation sites is 1. The highest BCUT2D eigenvalue weighted by molar-refractivity contribution is 7.26. The number of hydrogen-bond acceptors (Lipinski definition) is 3. The summed E-state index contributed by atoms with van der Waals surface area (Å²) in [6.45, 7) is 4.70. The van der Waals surface area contributed by atoms with Crippen molar-refractivity contribution in [1.82, 2.24) is 4.98 Å². The van der Waals surface area contributed by atoms with Crippen LogP contribution in [0.1, 0.15) is 25.0 Å². The fourth-order valence-electron chi connectivity index (χ4n) is 8.91.